The largest absolute Gasteiger partial charge is 0.341 e. The van der Waals surface area contributed by atoms with Gasteiger partial charge < -0.3 is 4.90 Å². The second-order valence-electron chi connectivity index (χ2n) is 6.68. The van der Waals surface area contributed by atoms with Crippen LogP contribution < -0.4 is 0 Å². The van der Waals surface area contributed by atoms with Gasteiger partial charge >= 0.3 is 0 Å². The molecule has 138 valence electrons. The minimum atomic E-state index is -3.45. The molecule has 2 aromatic rings. The zero-order valence-electron chi connectivity index (χ0n) is 14.7. The van der Waals surface area contributed by atoms with Crippen LogP contribution in [0.4, 0.5) is 0 Å². The van der Waals surface area contributed by atoms with Crippen molar-refractivity contribution in [1.29, 1.82) is 0 Å². The second-order valence-corrected chi connectivity index (χ2v) is 9.34. The first kappa shape index (κ1) is 18.9. The number of amides is 1. The minimum Gasteiger partial charge on any atom is -0.341 e. The SMILES string of the molecule is Cc1ccccc1CCC(=O)N1CC[C@@H](S(=O)(=O)c2ccc(Cl)cc2)C1. The fraction of sp³-hybridized carbons (Fsp3) is 0.350. The number of rotatable bonds is 5. The predicted molar refractivity (Wildman–Crippen MR) is 103 cm³/mol. The molecule has 4 nitrogen and oxygen atoms in total. The van der Waals surface area contributed by atoms with Crippen LogP contribution >= 0.6 is 11.6 Å². The highest BCUT2D eigenvalue weighted by Gasteiger charge is 2.35. The summed E-state index contributed by atoms with van der Waals surface area (Å²) in [7, 11) is -3.45. The summed E-state index contributed by atoms with van der Waals surface area (Å²) < 4.78 is 25.5. The van der Waals surface area contributed by atoms with Gasteiger partial charge in [0.1, 0.15) is 0 Å². The van der Waals surface area contributed by atoms with Crippen molar-refractivity contribution in [1.82, 2.24) is 4.90 Å². The molecule has 2 aromatic carbocycles. The van der Waals surface area contributed by atoms with Crippen LogP contribution in [-0.2, 0) is 21.1 Å². The molecular weight excluding hydrogens is 370 g/mol. The number of carbonyl (C=O) groups excluding carboxylic acids is 1. The highest BCUT2D eigenvalue weighted by atomic mass is 35.5. The van der Waals surface area contributed by atoms with Gasteiger partial charge in [0.25, 0.3) is 0 Å². The van der Waals surface area contributed by atoms with E-state index in [0.717, 1.165) is 5.56 Å². The van der Waals surface area contributed by atoms with Crippen LogP contribution in [0.25, 0.3) is 0 Å². The van der Waals surface area contributed by atoms with E-state index in [1.807, 2.05) is 31.2 Å². The van der Waals surface area contributed by atoms with Crippen LogP contribution in [0.15, 0.2) is 53.4 Å². The maximum Gasteiger partial charge on any atom is 0.222 e. The highest BCUT2D eigenvalue weighted by Crippen LogP contribution is 2.25. The topological polar surface area (TPSA) is 54.5 Å². The molecule has 0 N–H and O–H groups in total. The lowest BCUT2D eigenvalue weighted by atomic mass is 10.0. The quantitative estimate of drug-likeness (QED) is 0.781. The van der Waals surface area contributed by atoms with Crippen molar-refractivity contribution >= 4 is 27.3 Å². The average Bonchev–Trinajstić information content (AvgIpc) is 3.12. The lowest BCUT2D eigenvalue weighted by Gasteiger charge is -2.17. The number of hydrogen-bond donors (Lipinski definition) is 0. The maximum atomic E-state index is 12.8. The fourth-order valence-electron chi connectivity index (χ4n) is 3.32. The molecule has 1 aliphatic rings. The Morgan fingerprint density at radius 3 is 2.54 bits per heavy atom. The first-order valence-electron chi connectivity index (χ1n) is 8.69. The maximum absolute atomic E-state index is 12.8. The molecule has 0 bridgehead atoms. The van der Waals surface area contributed by atoms with E-state index in [1.165, 1.54) is 17.7 Å². The third-order valence-electron chi connectivity index (χ3n) is 4.95. The number of aryl methyl sites for hydroxylation is 2. The second kappa shape index (κ2) is 7.80. The number of likely N-dealkylation sites (tertiary alicyclic amines) is 1. The molecular formula is C20H22ClNO3S. The number of nitrogens with zero attached hydrogens (tertiary/aromatic N) is 1. The van der Waals surface area contributed by atoms with E-state index >= 15 is 0 Å². The summed E-state index contributed by atoms with van der Waals surface area (Å²) in [5, 5.41) is -0.0468. The van der Waals surface area contributed by atoms with Gasteiger partial charge in [0.15, 0.2) is 9.84 Å². The van der Waals surface area contributed by atoms with Crippen LogP contribution in [0.1, 0.15) is 24.0 Å². The Balaban J connectivity index is 1.62. The van der Waals surface area contributed by atoms with Crippen molar-refractivity contribution in [2.24, 2.45) is 0 Å². The number of hydrogen-bond acceptors (Lipinski definition) is 3. The molecule has 26 heavy (non-hydrogen) atoms. The monoisotopic (exact) mass is 391 g/mol. The third kappa shape index (κ3) is 4.10. The Labute approximate surface area is 159 Å². The summed E-state index contributed by atoms with van der Waals surface area (Å²) in [6.45, 7) is 2.78. The molecule has 3 rings (SSSR count). The molecule has 1 amide bonds. The lowest BCUT2D eigenvalue weighted by molar-refractivity contribution is -0.130. The van der Waals surface area contributed by atoms with Gasteiger partial charge in [0, 0.05) is 24.5 Å². The first-order chi connectivity index (χ1) is 12.4. The van der Waals surface area contributed by atoms with Crippen molar-refractivity contribution in [2.45, 2.75) is 36.3 Å². The zero-order chi connectivity index (χ0) is 18.7. The number of benzene rings is 2. The van der Waals surface area contributed by atoms with Crippen LogP contribution in [0, 0.1) is 6.92 Å². The summed E-state index contributed by atoms with van der Waals surface area (Å²) in [5.41, 5.74) is 2.33. The Morgan fingerprint density at radius 2 is 1.85 bits per heavy atom. The summed E-state index contributed by atoms with van der Waals surface area (Å²) in [6, 6.07) is 14.2. The van der Waals surface area contributed by atoms with Crippen molar-refractivity contribution in [3.05, 3.63) is 64.7 Å². The molecule has 6 heteroatoms. The lowest BCUT2D eigenvalue weighted by Crippen LogP contribution is -2.32. The Kier molecular flexibility index (Phi) is 5.68. The molecule has 0 radical (unpaired) electrons. The average molecular weight is 392 g/mol. The van der Waals surface area contributed by atoms with Gasteiger partial charge in [-0.15, -0.1) is 0 Å². The van der Waals surface area contributed by atoms with Crippen LogP contribution in [0.2, 0.25) is 5.02 Å². The number of sulfone groups is 1. The Morgan fingerprint density at radius 1 is 1.15 bits per heavy atom. The van der Waals surface area contributed by atoms with E-state index < -0.39 is 15.1 Å². The van der Waals surface area contributed by atoms with E-state index in [1.54, 1.807) is 17.0 Å². The summed E-state index contributed by atoms with van der Waals surface area (Å²) in [5.74, 6) is 0.0158. The summed E-state index contributed by atoms with van der Waals surface area (Å²) >= 11 is 5.83. The molecule has 1 saturated heterocycles. The third-order valence-corrected chi connectivity index (χ3v) is 7.39. The molecule has 0 saturated carbocycles. The van der Waals surface area contributed by atoms with E-state index in [-0.39, 0.29) is 17.3 Å². The van der Waals surface area contributed by atoms with Crippen molar-refractivity contribution < 1.29 is 13.2 Å². The van der Waals surface area contributed by atoms with Gasteiger partial charge in [0.05, 0.1) is 10.1 Å². The molecule has 1 atom stereocenters. The predicted octanol–water partition coefficient (Wildman–Crippen LogP) is 3.66. The van der Waals surface area contributed by atoms with Crippen LogP contribution in [0.3, 0.4) is 0 Å². The number of carbonyl (C=O) groups is 1. The molecule has 0 spiro atoms. The van der Waals surface area contributed by atoms with Gasteiger partial charge in [-0.05, 0) is 55.2 Å². The molecule has 1 heterocycles. The fourth-order valence-corrected chi connectivity index (χ4v) is 5.13. The van der Waals surface area contributed by atoms with E-state index in [9.17, 15) is 13.2 Å². The minimum absolute atomic E-state index is 0.0158. The number of halogens is 1. The molecule has 0 unspecified atom stereocenters. The van der Waals surface area contributed by atoms with E-state index in [0.29, 0.717) is 30.8 Å². The van der Waals surface area contributed by atoms with Gasteiger partial charge in [-0.25, -0.2) is 8.42 Å². The van der Waals surface area contributed by atoms with Crippen LogP contribution in [0.5, 0.6) is 0 Å². The molecule has 1 aliphatic heterocycles. The van der Waals surface area contributed by atoms with Crippen molar-refractivity contribution in [3.63, 3.8) is 0 Å². The normalized spacial score (nSPS) is 17.5. The first-order valence-corrected chi connectivity index (χ1v) is 10.6. The molecule has 0 aliphatic carbocycles. The van der Waals surface area contributed by atoms with Crippen molar-refractivity contribution in [3.8, 4) is 0 Å². The van der Waals surface area contributed by atoms with Gasteiger partial charge in [-0.1, -0.05) is 35.9 Å². The standard InChI is InChI=1S/C20H22ClNO3S/c1-15-4-2-3-5-16(15)6-11-20(23)22-13-12-19(14-22)26(24,25)18-9-7-17(21)8-10-18/h2-5,7-10,19H,6,11-14H2,1H3/t19-/m1/s1. The molecule has 0 aromatic heterocycles. The van der Waals surface area contributed by atoms with E-state index in [4.69, 9.17) is 11.6 Å². The highest BCUT2D eigenvalue weighted by molar-refractivity contribution is 7.92. The van der Waals surface area contributed by atoms with E-state index in [2.05, 4.69) is 0 Å². The van der Waals surface area contributed by atoms with Gasteiger partial charge in [0.2, 0.25) is 5.91 Å². The Bertz CT molecular complexity index is 894. The summed E-state index contributed by atoms with van der Waals surface area (Å²) in [6.07, 6.45) is 1.55. The van der Waals surface area contributed by atoms with Crippen LogP contribution in [-0.4, -0.2) is 37.6 Å². The summed E-state index contributed by atoms with van der Waals surface area (Å²) in [4.78, 5) is 14.4. The van der Waals surface area contributed by atoms with Gasteiger partial charge in [-0.2, -0.15) is 0 Å². The van der Waals surface area contributed by atoms with Crippen molar-refractivity contribution in [2.75, 3.05) is 13.1 Å². The Hall–Kier alpha value is -1.85. The molecule has 1 fully saturated rings. The van der Waals surface area contributed by atoms with Gasteiger partial charge in [-0.3, -0.25) is 4.79 Å². The smallest absolute Gasteiger partial charge is 0.222 e. The zero-order valence-corrected chi connectivity index (χ0v) is 16.3.